The molecule has 1 aliphatic carbocycles. The minimum absolute atomic E-state index is 0.209. The van der Waals surface area contributed by atoms with Crippen molar-refractivity contribution in [3.8, 4) is 0 Å². The van der Waals surface area contributed by atoms with E-state index in [1.807, 2.05) is 0 Å². The fourth-order valence-corrected chi connectivity index (χ4v) is 3.16. The molecule has 3 aliphatic rings. The molecule has 2 heterocycles. The van der Waals surface area contributed by atoms with Gasteiger partial charge in [0.2, 0.25) is 0 Å². The number of hydrogen-bond donors (Lipinski definition) is 0. The highest BCUT2D eigenvalue weighted by Gasteiger charge is 2.60. The van der Waals surface area contributed by atoms with E-state index in [2.05, 4.69) is 4.74 Å². The second-order valence-electron chi connectivity index (χ2n) is 4.63. The summed E-state index contributed by atoms with van der Waals surface area (Å²) < 4.78 is 10.1. The fraction of sp³-hybridized carbons (Fsp3) is 0.800. The SMILES string of the molecule is O=C1CC2(CC3COCC2C3)C(=O)O1. The Morgan fingerprint density at radius 2 is 2.14 bits per heavy atom. The van der Waals surface area contributed by atoms with Crippen LogP contribution in [0, 0.1) is 17.3 Å². The summed E-state index contributed by atoms with van der Waals surface area (Å²) in [7, 11) is 0. The first-order chi connectivity index (χ1) is 6.71. The average molecular weight is 196 g/mol. The minimum Gasteiger partial charge on any atom is -0.393 e. The van der Waals surface area contributed by atoms with Gasteiger partial charge in [0.1, 0.15) is 0 Å². The van der Waals surface area contributed by atoms with Gasteiger partial charge in [0.25, 0.3) is 0 Å². The summed E-state index contributed by atoms with van der Waals surface area (Å²) in [5.74, 6) is -0.00421. The first-order valence-electron chi connectivity index (χ1n) is 5.03. The van der Waals surface area contributed by atoms with Gasteiger partial charge in [0, 0.05) is 6.61 Å². The average Bonchev–Trinajstić information content (AvgIpc) is 2.54. The Kier molecular flexibility index (Phi) is 1.54. The predicted octanol–water partition coefficient (Wildman–Crippen LogP) is 0.503. The van der Waals surface area contributed by atoms with Crippen LogP contribution in [0.3, 0.4) is 0 Å². The Bertz CT molecular complexity index is 311. The van der Waals surface area contributed by atoms with Crippen LogP contribution in [-0.2, 0) is 19.1 Å². The first-order valence-corrected chi connectivity index (χ1v) is 5.03. The molecule has 1 spiro atoms. The molecular weight excluding hydrogens is 184 g/mol. The number of carbonyl (C=O) groups is 2. The maximum atomic E-state index is 11.7. The molecule has 3 rings (SSSR count). The van der Waals surface area contributed by atoms with Crippen molar-refractivity contribution in [1.82, 2.24) is 0 Å². The molecule has 0 aromatic rings. The van der Waals surface area contributed by atoms with Crippen LogP contribution in [0.25, 0.3) is 0 Å². The van der Waals surface area contributed by atoms with Crippen molar-refractivity contribution >= 4 is 11.9 Å². The lowest BCUT2D eigenvalue weighted by Gasteiger charge is -2.25. The Balaban J connectivity index is 1.96. The maximum absolute atomic E-state index is 11.7. The van der Waals surface area contributed by atoms with Gasteiger partial charge in [-0.05, 0) is 24.7 Å². The summed E-state index contributed by atoms with van der Waals surface area (Å²) in [5.41, 5.74) is -0.516. The van der Waals surface area contributed by atoms with E-state index in [-0.39, 0.29) is 24.3 Å². The van der Waals surface area contributed by atoms with Crippen molar-refractivity contribution in [2.45, 2.75) is 19.3 Å². The van der Waals surface area contributed by atoms with Crippen LogP contribution in [0.4, 0.5) is 0 Å². The van der Waals surface area contributed by atoms with Crippen LogP contribution in [0.5, 0.6) is 0 Å². The van der Waals surface area contributed by atoms with E-state index in [4.69, 9.17) is 4.74 Å². The Labute approximate surface area is 81.6 Å². The molecule has 14 heavy (non-hydrogen) atoms. The first kappa shape index (κ1) is 8.41. The van der Waals surface area contributed by atoms with Gasteiger partial charge in [-0.25, -0.2) is 0 Å². The number of rotatable bonds is 0. The summed E-state index contributed by atoms with van der Waals surface area (Å²) in [6, 6.07) is 0. The second kappa shape index (κ2) is 2.57. The van der Waals surface area contributed by atoms with Gasteiger partial charge in [0.15, 0.2) is 0 Å². The maximum Gasteiger partial charge on any atom is 0.320 e. The van der Waals surface area contributed by atoms with Crippen molar-refractivity contribution in [3.05, 3.63) is 0 Å². The van der Waals surface area contributed by atoms with E-state index < -0.39 is 5.41 Å². The number of fused-ring (bicyclic) bond motifs is 3. The molecule has 4 nitrogen and oxygen atoms in total. The quantitative estimate of drug-likeness (QED) is 0.418. The minimum atomic E-state index is -0.516. The van der Waals surface area contributed by atoms with E-state index in [1.54, 1.807) is 0 Å². The molecule has 2 bridgehead atoms. The molecule has 4 heteroatoms. The van der Waals surface area contributed by atoms with Crippen LogP contribution in [-0.4, -0.2) is 25.2 Å². The van der Waals surface area contributed by atoms with Crippen molar-refractivity contribution in [3.63, 3.8) is 0 Å². The smallest absolute Gasteiger partial charge is 0.320 e. The zero-order valence-corrected chi connectivity index (χ0v) is 7.82. The van der Waals surface area contributed by atoms with E-state index >= 15 is 0 Å². The number of carbonyl (C=O) groups excluding carboxylic acids is 2. The van der Waals surface area contributed by atoms with Gasteiger partial charge < -0.3 is 9.47 Å². The van der Waals surface area contributed by atoms with E-state index in [0.29, 0.717) is 12.5 Å². The zero-order chi connectivity index (χ0) is 9.76. The third-order valence-corrected chi connectivity index (χ3v) is 3.80. The van der Waals surface area contributed by atoms with E-state index in [1.165, 1.54) is 0 Å². The third kappa shape index (κ3) is 0.919. The van der Waals surface area contributed by atoms with Crippen molar-refractivity contribution in [1.29, 1.82) is 0 Å². The summed E-state index contributed by atoms with van der Waals surface area (Å²) in [6.07, 6.45) is 2.07. The van der Waals surface area contributed by atoms with Crippen molar-refractivity contribution in [2.24, 2.45) is 17.3 Å². The van der Waals surface area contributed by atoms with Gasteiger partial charge in [-0.1, -0.05) is 0 Å². The summed E-state index contributed by atoms with van der Waals surface area (Å²) in [6.45, 7) is 1.35. The lowest BCUT2D eigenvalue weighted by molar-refractivity contribution is -0.156. The van der Waals surface area contributed by atoms with Crippen molar-refractivity contribution in [2.75, 3.05) is 13.2 Å². The molecule has 3 fully saturated rings. The van der Waals surface area contributed by atoms with Crippen LogP contribution in [0.1, 0.15) is 19.3 Å². The highest BCUT2D eigenvalue weighted by Crippen LogP contribution is 2.54. The molecule has 3 unspecified atom stereocenters. The normalized spacial score (nSPS) is 46.0. The van der Waals surface area contributed by atoms with Gasteiger partial charge >= 0.3 is 11.9 Å². The van der Waals surface area contributed by atoms with E-state index in [0.717, 1.165) is 19.4 Å². The van der Waals surface area contributed by atoms with Gasteiger partial charge in [-0.3, -0.25) is 9.59 Å². The predicted molar refractivity (Wildman–Crippen MR) is 45.2 cm³/mol. The molecular formula is C10H12O4. The lowest BCUT2D eigenvalue weighted by Crippen LogP contribution is -2.33. The summed E-state index contributed by atoms with van der Waals surface area (Å²) in [4.78, 5) is 22.8. The Morgan fingerprint density at radius 3 is 2.79 bits per heavy atom. The molecule has 2 saturated heterocycles. The zero-order valence-electron chi connectivity index (χ0n) is 7.82. The van der Waals surface area contributed by atoms with Crippen molar-refractivity contribution < 1.29 is 19.1 Å². The topological polar surface area (TPSA) is 52.6 Å². The van der Waals surface area contributed by atoms with Crippen LogP contribution in [0.2, 0.25) is 0 Å². The molecule has 1 saturated carbocycles. The second-order valence-corrected chi connectivity index (χ2v) is 4.63. The molecule has 0 amide bonds. The molecule has 0 N–H and O–H groups in total. The third-order valence-electron chi connectivity index (χ3n) is 3.80. The summed E-state index contributed by atoms with van der Waals surface area (Å²) in [5, 5.41) is 0. The largest absolute Gasteiger partial charge is 0.393 e. The fourth-order valence-electron chi connectivity index (χ4n) is 3.16. The molecule has 0 aromatic heterocycles. The number of hydrogen-bond acceptors (Lipinski definition) is 4. The lowest BCUT2D eigenvalue weighted by atomic mass is 9.77. The summed E-state index contributed by atoms with van der Waals surface area (Å²) >= 11 is 0. The monoisotopic (exact) mass is 196 g/mol. The van der Waals surface area contributed by atoms with Gasteiger partial charge in [-0.15, -0.1) is 0 Å². The standard InChI is InChI=1S/C10H12O4/c11-8-3-10(9(12)14-8)2-6-1-7(10)5-13-4-6/h6-7H,1-5H2. The van der Waals surface area contributed by atoms with Crippen LogP contribution < -0.4 is 0 Å². The Morgan fingerprint density at radius 1 is 1.29 bits per heavy atom. The van der Waals surface area contributed by atoms with Gasteiger partial charge in [-0.2, -0.15) is 0 Å². The van der Waals surface area contributed by atoms with Gasteiger partial charge in [0.05, 0.1) is 18.4 Å². The van der Waals surface area contributed by atoms with Crippen LogP contribution >= 0.6 is 0 Å². The Hall–Kier alpha value is -0.900. The number of cyclic esters (lactones) is 2. The highest BCUT2D eigenvalue weighted by molar-refractivity contribution is 5.97. The molecule has 3 atom stereocenters. The number of esters is 2. The highest BCUT2D eigenvalue weighted by atomic mass is 16.6. The molecule has 76 valence electrons. The van der Waals surface area contributed by atoms with Crippen LogP contribution in [0.15, 0.2) is 0 Å². The number of ether oxygens (including phenoxy) is 2. The molecule has 0 aromatic carbocycles. The van der Waals surface area contributed by atoms with E-state index in [9.17, 15) is 9.59 Å². The molecule has 2 aliphatic heterocycles. The molecule has 0 radical (unpaired) electrons.